The SMILES string of the molecule is C=C(C)C(=O)OCCOc1c2cc(CCCCCCC)cc1Cc1cc(CCCCCCC)cc(c1OCCO)Cc1cc(CCCCCCC)cc(c1OCCO)Cc1cc(CCCCCCC)cc(c1OCCO)C2. The van der Waals surface area contributed by atoms with Gasteiger partial charge in [-0.1, -0.05) is 186 Å². The maximum absolute atomic E-state index is 12.7. The molecule has 0 amide bonds. The van der Waals surface area contributed by atoms with Crippen LogP contribution in [0.1, 0.15) is 230 Å². The van der Waals surface area contributed by atoms with E-state index in [1.54, 1.807) is 6.92 Å². The molecule has 426 valence electrons. The Kier molecular flexibility index (Phi) is 29.8. The van der Waals surface area contributed by atoms with Gasteiger partial charge in [-0.15, -0.1) is 0 Å². The van der Waals surface area contributed by atoms with E-state index in [0.29, 0.717) is 31.3 Å². The standard InChI is InChI=1S/C68H100O9/c1-7-11-15-19-23-27-52-39-56-47-58-41-53(28-24-20-16-12-8-2)43-60(65(58)74-35-32-70)49-62-45-55(30-26-22-18-14-10-4)46-63(67(62)76-37-38-77-68(72)51(5)6)50-61-44-54(29-25-21-17-13-9-3)42-59(66(61)75-36-33-71)48-57(40-52)64(56)73-34-31-69/h39-46,69-71H,5,7-38,47-50H2,1-4,6H3. The molecule has 8 bridgehead atoms. The topological polar surface area (TPSA) is 124 Å². The van der Waals surface area contributed by atoms with E-state index in [1.807, 2.05) is 0 Å². The molecule has 9 heteroatoms. The smallest absolute Gasteiger partial charge is 0.333 e. The largest absolute Gasteiger partial charge is 0.491 e. The van der Waals surface area contributed by atoms with Gasteiger partial charge in [0.05, 0.1) is 19.8 Å². The molecule has 0 aliphatic heterocycles. The van der Waals surface area contributed by atoms with E-state index in [9.17, 15) is 20.1 Å². The molecule has 4 aromatic rings. The molecule has 0 heterocycles. The second-order valence-corrected chi connectivity index (χ2v) is 21.8. The molecule has 77 heavy (non-hydrogen) atoms. The summed E-state index contributed by atoms with van der Waals surface area (Å²) < 4.78 is 32.9. The Morgan fingerprint density at radius 2 is 0.610 bits per heavy atom. The van der Waals surface area contributed by atoms with Gasteiger partial charge < -0.3 is 39.0 Å². The van der Waals surface area contributed by atoms with Crippen molar-refractivity contribution in [1.82, 2.24) is 0 Å². The van der Waals surface area contributed by atoms with Crippen LogP contribution in [0.15, 0.2) is 60.7 Å². The first-order valence-electron chi connectivity index (χ1n) is 30.4. The number of aliphatic hydroxyl groups is 3. The molecule has 0 fully saturated rings. The van der Waals surface area contributed by atoms with Crippen LogP contribution < -0.4 is 18.9 Å². The van der Waals surface area contributed by atoms with Crippen molar-refractivity contribution < 1.29 is 43.8 Å². The van der Waals surface area contributed by atoms with Crippen LogP contribution in [0.3, 0.4) is 0 Å². The summed E-state index contributed by atoms with van der Waals surface area (Å²) in [6.45, 7) is 14.7. The molecule has 0 saturated carbocycles. The van der Waals surface area contributed by atoms with Gasteiger partial charge in [0.1, 0.15) is 56.0 Å². The predicted octanol–water partition coefficient (Wildman–Crippen LogP) is 15.0. The highest BCUT2D eigenvalue weighted by Gasteiger charge is 2.25. The van der Waals surface area contributed by atoms with Crippen LogP contribution in [-0.2, 0) is 60.9 Å². The average molecular weight is 1060 g/mol. The highest BCUT2D eigenvalue weighted by molar-refractivity contribution is 5.86. The second kappa shape index (κ2) is 36.4. The fourth-order valence-electron chi connectivity index (χ4n) is 11.1. The fraction of sp³-hybridized carbons (Fsp3) is 0.603. The zero-order valence-electron chi connectivity index (χ0n) is 48.6. The van der Waals surface area contributed by atoms with E-state index in [1.165, 1.54) is 106 Å². The zero-order chi connectivity index (χ0) is 55.0. The Bertz CT molecular complexity index is 2240. The lowest BCUT2D eigenvalue weighted by molar-refractivity contribution is -0.139. The van der Waals surface area contributed by atoms with E-state index < -0.39 is 5.97 Å². The van der Waals surface area contributed by atoms with Crippen LogP contribution in [-0.4, -0.2) is 74.1 Å². The molecule has 1 aliphatic rings. The van der Waals surface area contributed by atoms with Crippen molar-refractivity contribution in [3.63, 3.8) is 0 Å². The summed E-state index contributed by atoms with van der Waals surface area (Å²) in [5.41, 5.74) is 13.6. The minimum Gasteiger partial charge on any atom is -0.491 e. The van der Waals surface area contributed by atoms with Crippen molar-refractivity contribution in [2.45, 2.75) is 214 Å². The number of aliphatic hydroxyl groups excluding tert-OH is 3. The third kappa shape index (κ3) is 21.4. The van der Waals surface area contributed by atoms with Gasteiger partial charge in [-0.2, -0.15) is 0 Å². The van der Waals surface area contributed by atoms with Crippen molar-refractivity contribution >= 4 is 5.97 Å². The number of ether oxygens (including phenoxy) is 5. The Hall–Kier alpha value is -4.83. The molecular formula is C68H100O9. The molecule has 0 radical (unpaired) electrons. The number of hydrogen-bond acceptors (Lipinski definition) is 9. The van der Waals surface area contributed by atoms with Crippen molar-refractivity contribution in [3.05, 3.63) is 127 Å². The molecule has 4 aromatic carbocycles. The van der Waals surface area contributed by atoms with Crippen molar-refractivity contribution in [3.8, 4) is 23.0 Å². The molecule has 0 atom stereocenters. The van der Waals surface area contributed by atoms with Crippen molar-refractivity contribution in [1.29, 1.82) is 0 Å². The average Bonchev–Trinajstić information content (AvgIpc) is 3.42. The number of unbranched alkanes of at least 4 members (excludes halogenated alkanes) is 16. The molecule has 0 spiro atoms. The molecular weight excluding hydrogens is 961 g/mol. The van der Waals surface area contributed by atoms with Gasteiger partial charge in [0, 0.05) is 31.3 Å². The van der Waals surface area contributed by atoms with Crippen LogP contribution in [0.2, 0.25) is 0 Å². The summed E-state index contributed by atoms with van der Waals surface area (Å²) in [4.78, 5) is 12.7. The lowest BCUT2D eigenvalue weighted by atomic mass is 9.87. The maximum atomic E-state index is 12.7. The lowest BCUT2D eigenvalue weighted by Crippen LogP contribution is -2.15. The monoisotopic (exact) mass is 1060 g/mol. The van der Waals surface area contributed by atoms with Crippen LogP contribution in [0.4, 0.5) is 0 Å². The van der Waals surface area contributed by atoms with E-state index in [0.717, 1.165) is 138 Å². The normalized spacial score (nSPS) is 12.2. The summed E-state index contributed by atoms with van der Waals surface area (Å²) in [6, 6.07) is 18.6. The molecule has 1 aliphatic carbocycles. The van der Waals surface area contributed by atoms with Gasteiger partial charge in [-0.05, 0) is 125 Å². The van der Waals surface area contributed by atoms with Gasteiger partial charge in [0.2, 0.25) is 0 Å². The molecule has 5 rings (SSSR count). The number of rotatable bonds is 38. The molecule has 3 N–H and O–H groups in total. The number of benzene rings is 4. The third-order valence-corrected chi connectivity index (χ3v) is 14.9. The minimum atomic E-state index is -0.447. The summed E-state index contributed by atoms with van der Waals surface area (Å²) in [6.07, 6.45) is 29.2. The Balaban J connectivity index is 1.87. The quantitative estimate of drug-likeness (QED) is 0.0201. The van der Waals surface area contributed by atoms with Crippen LogP contribution in [0, 0.1) is 0 Å². The number of carbonyl (C=O) groups excluding carboxylic acids is 1. The molecule has 9 nitrogen and oxygen atoms in total. The Morgan fingerprint density at radius 3 is 0.831 bits per heavy atom. The predicted molar refractivity (Wildman–Crippen MR) is 316 cm³/mol. The summed E-state index contributed by atoms with van der Waals surface area (Å²) in [7, 11) is 0. The van der Waals surface area contributed by atoms with Gasteiger partial charge in [0.15, 0.2) is 0 Å². The number of carbonyl (C=O) groups is 1. The van der Waals surface area contributed by atoms with Gasteiger partial charge in [-0.25, -0.2) is 4.79 Å². The Labute approximate surface area is 465 Å². The first-order chi connectivity index (χ1) is 37.7. The molecule has 0 aromatic heterocycles. The van der Waals surface area contributed by atoms with Crippen LogP contribution >= 0.6 is 0 Å². The fourth-order valence-corrected chi connectivity index (χ4v) is 11.1. The number of aryl methyl sites for hydroxylation is 4. The van der Waals surface area contributed by atoms with Gasteiger partial charge in [-0.3, -0.25) is 0 Å². The first kappa shape index (κ1) is 63.0. The zero-order valence-corrected chi connectivity index (χ0v) is 48.6. The number of hydrogen-bond donors (Lipinski definition) is 3. The molecule has 0 unspecified atom stereocenters. The van der Waals surface area contributed by atoms with E-state index in [2.05, 4.69) is 82.8 Å². The second-order valence-electron chi connectivity index (χ2n) is 21.8. The van der Waals surface area contributed by atoms with E-state index in [-0.39, 0.29) is 52.9 Å². The van der Waals surface area contributed by atoms with Crippen LogP contribution in [0.25, 0.3) is 0 Å². The summed E-state index contributed by atoms with van der Waals surface area (Å²) in [5, 5.41) is 31.2. The van der Waals surface area contributed by atoms with E-state index >= 15 is 0 Å². The van der Waals surface area contributed by atoms with E-state index in [4.69, 9.17) is 23.7 Å². The summed E-state index contributed by atoms with van der Waals surface area (Å²) in [5.74, 6) is 2.61. The first-order valence-corrected chi connectivity index (χ1v) is 30.4. The van der Waals surface area contributed by atoms with Gasteiger partial charge in [0.25, 0.3) is 0 Å². The minimum absolute atomic E-state index is 0.0635. The van der Waals surface area contributed by atoms with Crippen LogP contribution in [0.5, 0.6) is 23.0 Å². The summed E-state index contributed by atoms with van der Waals surface area (Å²) >= 11 is 0. The number of fused-ring (bicyclic) bond motifs is 8. The van der Waals surface area contributed by atoms with Crippen molar-refractivity contribution in [2.24, 2.45) is 0 Å². The lowest BCUT2D eigenvalue weighted by Gasteiger charge is -2.25. The van der Waals surface area contributed by atoms with Crippen molar-refractivity contribution in [2.75, 3.05) is 52.9 Å². The maximum Gasteiger partial charge on any atom is 0.333 e. The van der Waals surface area contributed by atoms with Gasteiger partial charge >= 0.3 is 5.97 Å². The number of esters is 1. The molecule has 0 saturated heterocycles. The Morgan fingerprint density at radius 1 is 0.377 bits per heavy atom. The highest BCUT2D eigenvalue weighted by atomic mass is 16.6. The third-order valence-electron chi connectivity index (χ3n) is 14.9. The highest BCUT2D eigenvalue weighted by Crippen LogP contribution is 2.42.